The van der Waals surface area contributed by atoms with E-state index in [1.807, 2.05) is 36.4 Å². The second kappa shape index (κ2) is 8.63. The lowest BCUT2D eigenvalue weighted by Gasteiger charge is -2.14. The Morgan fingerprint density at radius 1 is 1.21 bits per heavy atom. The van der Waals surface area contributed by atoms with Gasteiger partial charge in [-0.1, -0.05) is 18.2 Å². The van der Waals surface area contributed by atoms with Gasteiger partial charge in [-0.2, -0.15) is 0 Å². The number of esters is 1. The van der Waals surface area contributed by atoms with E-state index < -0.39 is 18.3 Å². The van der Waals surface area contributed by atoms with Crippen LogP contribution in [0.2, 0.25) is 0 Å². The van der Waals surface area contributed by atoms with E-state index in [0.29, 0.717) is 18.1 Å². The summed E-state index contributed by atoms with van der Waals surface area (Å²) in [5.41, 5.74) is 7.59. The van der Waals surface area contributed by atoms with Crippen molar-refractivity contribution in [3.8, 4) is 11.3 Å². The predicted molar refractivity (Wildman–Crippen MR) is 89.2 cm³/mol. The summed E-state index contributed by atoms with van der Waals surface area (Å²) in [6.45, 7) is 2.05. The minimum Gasteiger partial charge on any atom is -0.465 e. The number of methoxy groups -OCH3 is 2. The molecule has 1 atom stereocenters. The molecular weight excluding hydrogens is 310 g/mol. The molecule has 1 aromatic heterocycles. The summed E-state index contributed by atoms with van der Waals surface area (Å²) < 4.78 is 21.2. The lowest BCUT2D eigenvalue weighted by Crippen LogP contribution is -2.34. The fourth-order valence-corrected chi connectivity index (χ4v) is 2.40. The van der Waals surface area contributed by atoms with Crippen LogP contribution in [0.5, 0.6) is 0 Å². The van der Waals surface area contributed by atoms with Gasteiger partial charge in [-0.25, -0.2) is 0 Å². The molecule has 1 heterocycles. The summed E-state index contributed by atoms with van der Waals surface area (Å²) >= 11 is 0. The Morgan fingerprint density at radius 2 is 1.96 bits per heavy atom. The van der Waals surface area contributed by atoms with Gasteiger partial charge in [0.05, 0.1) is 6.61 Å². The molecule has 2 N–H and O–H groups in total. The summed E-state index contributed by atoms with van der Waals surface area (Å²) in [5.74, 6) is 0.889. The maximum Gasteiger partial charge on any atom is 0.323 e. The molecule has 6 nitrogen and oxygen atoms in total. The Kier molecular flexibility index (Phi) is 6.54. The molecule has 1 unspecified atom stereocenters. The normalized spacial score (nSPS) is 12.4. The van der Waals surface area contributed by atoms with Gasteiger partial charge in [-0.15, -0.1) is 0 Å². The number of carbonyl (C=O) groups is 1. The molecule has 130 valence electrons. The predicted octanol–water partition coefficient (Wildman–Crippen LogP) is 2.67. The van der Waals surface area contributed by atoms with E-state index in [1.165, 1.54) is 0 Å². The third-order valence-electron chi connectivity index (χ3n) is 3.54. The minimum atomic E-state index is -0.735. The topological polar surface area (TPSA) is 83.9 Å². The molecule has 0 fully saturated rings. The van der Waals surface area contributed by atoms with Crippen LogP contribution in [0.15, 0.2) is 40.8 Å². The van der Waals surface area contributed by atoms with Crippen LogP contribution in [0.1, 0.15) is 24.5 Å². The van der Waals surface area contributed by atoms with Crippen molar-refractivity contribution >= 4 is 5.97 Å². The Morgan fingerprint density at radius 3 is 2.62 bits per heavy atom. The number of hydrogen-bond donors (Lipinski definition) is 1. The second-order valence-corrected chi connectivity index (χ2v) is 5.26. The van der Waals surface area contributed by atoms with Crippen molar-refractivity contribution in [2.75, 3.05) is 20.8 Å². The fraction of sp³-hybridized carbons (Fsp3) is 0.389. The molecule has 0 amide bonds. The first kappa shape index (κ1) is 18.2. The highest BCUT2D eigenvalue weighted by Crippen LogP contribution is 2.27. The number of furan rings is 1. The highest BCUT2D eigenvalue weighted by molar-refractivity contribution is 5.75. The van der Waals surface area contributed by atoms with Crippen LogP contribution in [0, 0.1) is 0 Å². The number of nitrogens with two attached hydrogens (primary N) is 1. The van der Waals surface area contributed by atoms with E-state index >= 15 is 0 Å². The largest absolute Gasteiger partial charge is 0.465 e. The number of hydrogen-bond acceptors (Lipinski definition) is 6. The molecule has 6 heteroatoms. The van der Waals surface area contributed by atoms with Gasteiger partial charge in [-0.05, 0) is 25.1 Å². The molecule has 1 aromatic carbocycles. The quantitative estimate of drug-likeness (QED) is 0.590. The van der Waals surface area contributed by atoms with Crippen molar-refractivity contribution in [1.29, 1.82) is 0 Å². The smallest absolute Gasteiger partial charge is 0.323 e. The molecule has 0 aliphatic carbocycles. The summed E-state index contributed by atoms with van der Waals surface area (Å²) in [4.78, 5) is 11.6. The molecule has 0 saturated heterocycles. The standard InChI is InChI=1S/C18H23NO5/c1-4-23-17(20)15(19)11-14-8-9-16(24-14)12-6-5-7-13(10-12)18(21-2)22-3/h5-10,15,18H,4,11,19H2,1-3H3. The van der Waals surface area contributed by atoms with Crippen molar-refractivity contribution < 1.29 is 23.4 Å². The molecule has 0 spiro atoms. The maximum atomic E-state index is 11.6. The number of rotatable bonds is 8. The van der Waals surface area contributed by atoms with Crippen LogP contribution in [-0.4, -0.2) is 32.8 Å². The highest BCUT2D eigenvalue weighted by atomic mass is 16.7. The van der Waals surface area contributed by atoms with E-state index in [1.54, 1.807) is 21.1 Å². The second-order valence-electron chi connectivity index (χ2n) is 5.26. The summed E-state index contributed by atoms with van der Waals surface area (Å²) in [6, 6.07) is 10.6. The van der Waals surface area contributed by atoms with Crippen molar-refractivity contribution in [3.63, 3.8) is 0 Å². The van der Waals surface area contributed by atoms with E-state index in [2.05, 4.69) is 0 Å². The zero-order chi connectivity index (χ0) is 17.5. The first-order valence-corrected chi connectivity index (χ1v) is 7.75. The lowest BCUT2D eigenvalue weighted by atomic mass is 10.1. The Hall–Kier alpha value is -2.15. The summed E-state index contributed by atoms with van der Waals surface area (Å²) in [7, 11) is 3.17. The third kappa shape index (κ3) is 4.44. The monoisotopic (exact) mass is 333 g/mol. The third-order valence-corrected chi connectivity index (χ3v) is 3.54. The molecule has 0 aliphatic heterocycles. The van der Waals surface area contributed by atoms with Crippen LogP contribution < -0.4 is 5.73 Å². The van der Waals surface area contributed by atoms with Crippen LogP contribution in [-0.2, 0) is 25.4 Å². The zero-order valence-electron chi connectivity index (χ0n) is 14.2. The van der Waals surface area contributed by atoms with Crippen LogP contribution in [0.25, 0.3) is 11.3 Å². The fourth-order valence-electron chi connectivity index (χ4n) is 2.40. The van der Waals surface area contributed by atoms with Gasteiger partial charge >= 0.3 is 5.97 Å². The SMILES string of the molecule is CCOC(=O)C(N)Cc1ccc(-c2cccc(C(OC)OC)c2)o1. The molecule has 0 aliphatic rings. The van der Waals surface area contributed by atoms with Crippen LogP contribution >= 0.6 is 0 Å². The first-order valence-electron chi connectivity index (χ1n) is 7.75. The number of carbonyl (C=O) groups excluding carboxylic acids is 1. The Bertz CT molecular complexity index is 663. The van der Waals surface area contributed by atoms with Gasteiger partial charge in [0, 0.05) is 31.8 Å². The first-order chi connectivity index (χ1) is 11.6. The minimum absolute atomic E-state index is 0.289. The van der Waals surface area contributed by atoms with Crippen molar-refractivity contribution in [3.05, 3.63) is 47.7 Å². The van der Waals surface area contributed by atoms with Gasteiger partial charge in [-0.3, -0.25) is 4.79 Å². The van der Waals surface area contributed by atoms with Crippen molar-refractivity contribution in [2.24, 2.45) is 5.73 Å². The van der Waals surface area contributed by atoms with Gasteiger partial charge < -0.3 is 24.4 Å². The van der Waals surface area contributed by atoms with E-state index in [0.717, 1.165) is 11.1 Å². The molecule has 0 bridgehead atoms. The number of benzene rings is 1. The average molecular weight is 333 g/mol. The molecule has 2 rings (SSSR count). The van der Waals surface area contributed by atoms with E-state index in [4.69, 9.17) is 24.4 Å². The maximum absolute atomic E-state index is 11.6. The average Bonchev–Trinajstić information content (AvgIpc) is 3.05. The Labute approximate surface area is 141 Å². The van der Waals surface area contributed by atoms with Crippen LogP contribution in [0.4, 0.5) is 0 Å². The summed E-state index contributed by atoms with van der Waals surface area (Å²) in [5, 5.41) is 0. The number of ether oxygens (including phenoxy) is 3. The van der Waals surface area contributed by atoms with E-state index in [-0.39, 0.29) is 6.42 Å². The molecule has 0 radical (unpaired) electrons. The van der Waals surface area contributed by atoms with E-state index in [9.17, 15) is 4.79 Å². The van der Waals surface area contributed by atoms with Gasteiger partial charge in [0.25, 0.3) is 0 Å². The van der Waals surface area contributed by atoms with Gasteiger partial charge in [0.1, 0.15) is 17.6 Å². The molecule has 2 aromatic rings. The van der Waals surface area contributed by atoms with Gasteiger partial charge in [0.15, 0.2) is 6.29 Å². The molecular formula is C18H23NO5. The van der Waals surface area contributed by atoms with Crippen LogP contribution in [0.3, 0.4) is 0 Å². The van der Waals surface area contributed by atoms with Crippen molar-refractivity contribution in [1.82, 2.24) is 0 Å². The highest BCUT2D eigenvalue weighted by Gasteiger charge is 2.18. The zero-order valence-corrected chi connectivity index (χ0v) is 14.2. The lowest BCUT2D eigenvalue weighted by molar-refractivity contribution is -0.144. The van der Waals surface area contributed by atoms with Gasteiger partial charge in [0.2, 0.25) is 0 Å². The van der Waals surface area contributed by atoms with Crippen molar-refractivity contribution in [2.45, 2.75) is 25.7 Å². The molecule has 24 heavy (non-hydrogen) atoms. The Balaban J connectivity index is 2.13. The summed E-state index contributed by atoms with van der Waals surface area (Å²) in [6.07, 6.45) is -0.145. The molecule has 0 saturated carbocycles.